The van der Waals surface area contributed by atoms with Crippen molar-refractivity contribution in [1.82, 2.24) is 10.2 Å². The van der Waals surface area contributed by atoms with Gasteiger partial charge in [0.15, 0.2) is 0 Å². The molecule has 1 heterocycles. The number of hydrogen-bond acceptors (Lipinski definition) is 2. The molecule has 0 spiro atoms. The van der Waals surface area contributed by atoms with Crippen molar-refractivity contribution in [2.75, 3.05) is 19.6 Å². The monoisotopic (exact) mass is 254 g/mol. The molecule has 1 aliphatic rings. The first-order valence-corrected chi connectivity index (χ1v) is 8.25. The number of nitrogens with zero attached hydrogens (tertiary/aromatic N) is 1. The van der Waals surface area contributed by atoms with E-state index < -0.39 is 0 Å². The van der Waals surface area contributed by atoms with Crippen molar-refractivity contribution in [2.24, 2.45) is 0 Å². The fourth-order valence-corrected chi connectivity index (χ4v) is 2.94. The standard InChI is InChI=1S/C16H34N2/c1-4-6-7-8-9-15(3)18-13-10-16(11-14-18)17-12-5-2/h15-17H,4-14H2,1-3H3. The predicted molar refractivity (Wildman–Crippen MR) is 81.1 cm³/mol. The Labute approximate surface area is 115 Å². The Morgan fingerprint density at radius 2 is 1.78 bits per heavy atom. The molecule has 0 bridgehead atoms. The fraction of sp³-hybridized carbons (Fsp3) is 1.00. The summed E-state index contributed by atoms with van der Waals surface area (Å²) < 4.78 is 0. The Bertz CT molecular complexity index is 186. The van der Waals surface area contributed by atoms with E-state index in [1.807, 2.05) is 0 Å². The predicted octanol–water partition coefficient (Wildman–Crippen LogP) is 3.81. The first kappa shape index (κ1) is 16.0. The van der Waals surface area contributed by atoms with Crippen molar-refractivity contribution in [1.29, 1.82) is 0 Å². The average molecular weight is 254 g/mol. The maximum absolute atomic E-state index is 3.66. The highest BCUT2D eigenvalue weighted by molar-refractivity contribution is 4.79. The Kier molecular flexibility index (Phi) is 8.70. The molecule has 108 valence electrons. The fourth-order valence-electron chi connectivity index (χ4n) is 2.94. The van der Waals surface area contributed by atoms with E-state index in [0.717, 1.165) is 12.1 Å². The molecule has 2 nitrogen and oxygen atoms in total. The van der Waals surface area contributed by atoms with Crippen molar-refractivity contribution >= 4 is 0 Å². The minimum absolute atomic E-state index is 0.786. The van der Waals surface area contributed by atoms with Crippen LogP contribution >= 0.6 is 0 Å². The quantitative estimate of drug-likeness (QED) is 0.629. The Morgan fingerprint density at radius 3 is 2.39 bits per heavy atom. The lowest BCUT2D eigenvalue weighted by Gasteiger charge is -2.36. The minimum atomic E-state index is 0.786. The molecule has 2 heteroatoms. The van der Waals surface area contributed by atoms with Gasteiger partial charge in [0.25, 0.3) is 0 Å². The first-order chi connectivity index (χ1) is 8.77. The third kappa shape index (κ3) is 6.19. The minimum Gasteiger partial charge on any atom is -0.314 e. The van der Waals surface area contributed by atoms with Crippen LogP contribution in [0.1, 0.15) is 72.1 Å². The number of piperidine rings is 1. The number of hydrogen-bond donors (Lipinski definition) is 1. The van der Waals surface area contributed by atoms with Crippen LogP contribution in [-0.4, -0.2) is 36.6 Å². The smallest absolute Gasteiger partial charge is 0.00914 e. The summed E-state index contributed by atoms with van der Waals surface area (Å²) in [7, 11) is 0. The van der Waals surface area contributed by atoms with Crippen LogP contribution in [0, 0.1) is 0 Å². The highest BCUT2D eigenvalue weighted by Gasteiger charge is 2.21. The van der Waals surface area contributed by atoms with Gasteiger partial charge in [-0.25, -0.2) is 0 Å². The van der Waals surface area contributed by atoms with Crippen LogP contribution in [0.15, 0.2) is 0 Å². The van der Waals surface area contributed by atoms with E-state index in [4.69, 9.17) is 0 Å². The van der Waals surface area contributed by atoms with Gasteiger partial charge in [0.05, 0.1) is 0 Å². The van der Waals surface area contributed by atoms with E-state index in [0.29, 0.717) is 0 Å². The van der Waals surface area contributed by atoms with Gasteiger partial charge in [0, 0.05) is 12.1 Å². The second-order valence-corrected chi connectivity index (χ2v) is 5.96. The molecular weight excluding hydrogens is 220 g/mol. The number of likely N-dealkylation sites (tertiary alicyclic amines) is 1. The van der Waals surface area contributed by atoms with E-state index >= 15 is 0 Å². The molecule has 0 aliphatic carbocycles. The Balaban J connectivity index is 2.09. The number of rotatable bonds is 9. The molecule has 0 aromatic rings. The average Bonchev–Trinajstić information content (AvgIpc) is 2.41. The van der Waals surface area contributed by atoms with Crippen LogP contribution in [0.5, 0.6) is 0 Å². The van der Waals surface area contributed by atoms with Crippen LogP contribution in [-0.2, 0) is 0 Å². The van der Waals surface area contributed by atoms with Gasteiger partial charge in [-0.15, -0.1) is 0 Å². The second-order valence-electron chi connectivity index (χ2n) is 5.96. The summed E-state index contributed by atoms with van der Waals surface area (Å²) in [6.45, 7) is 10.8. The maximum atomic E-state index is 3.66. The molecule has 1 saturated heterocycles. The van der Waals surface area contributed by atoms with Crippen molar-refractivity contribution < 1.29 is 0 Å². The second kappa shape index (κ2) is 9.80. The SMILES string of the molecule is CCCCCCC(C)N1CCC(NCCC)CC1. The van der Waals surface area contributed by atoms with E-state index in [1.165, 1.54) is 71.0 Å². The highest BCUT2D eigenvalue weighted by atomic mass is 15.2. The zero-order chi connectivity index (χ0) is 13.2. The summed E-state index contributed by atoms with van der Waals surface area (Å²) in [5.41, 5.74) is 0. The van der Waals surface area contributed by atoms with Crippen molar-refractivity contribution in [3.05, 3.63) is 0 Å². The van der Waals surface area contributed by atoms with E-state index in [1.54, 1.807) is 0 Å². The topological polar surface area (TPSA) is 15.3 Å². The van der Waals surface area contributed by atoms with Crippen LogP contribution in [0.3, 0.4) is 0 Å². The lowest BCUT2D eigenvalue weighted by molar-refractivity contribution is 0.144. The summed E-state index contributed by atoms with van der Waals surface area (Å²) in [4.78, 5) is 2.70. The third-order valence-corrected chi connectivity index (χ3v) is 4.31. The molecule has 18 heavy (non-hydrogen) atoms. The van der Waals surface area contributed by atoms with Gasteiger partial charge in [-0.1, -0.05) is 39.5 Å². The van der Waals surface area contributed by atoms with Gasteiger partial charge in [0.2, 0.25) is 0 Å². The summed E-state index contributed by atoms with van der Waals surface area (Å²) in [5.74, 6) is 0. The molecule has 0 aromatic carbocycles. The lowest BCUT2D eigenvalue weighted by Crippen LogP contribution is -2.45. The molecule has 0 amide bonds. The summed E-state index contributed by atoms with van der Waals surface area (Å²) >= 11 is 0. The molecule has 0 aromatic heterocycles. The Morgan fingerprint density at radius 1 is 1.06 bits per heavy atom. The molecular formula is C16H34N2. The van der Waals surface area contributed by atoms with Crippen LogP contribution in [0.4, 0.5) is 0 Å². The Hall–Kier alpha value is -0.0800. The largest absolute Gasteiger partial charge is 0.314 e. The highest BCUT2D eigenvalue weighted by Crippen LogP contribution is 2.17. The molecule has 1 rings (SSSR count). The van der Waals surface area contributed by atoms with Gasteiger partial charge in [-0.05, 0) is 52.2 Å². The summed E-state index contributed by atoms with van der Waals surface area (Å²) in [5, 5.41) is 3.66. The van der Waals surface area contributed by atoms with Gasteiger partial charge in [0.1, 0.15) is 0 Å². The molecule has 0 saturated carbocycles. The lowest BCUT2D eigenvalue weighted by atomic mass is 10.0. The van der Waals surface area contributed by atoms with Crippen LogP contribution in [0.2, 0.25) is 0 Å². The molecule has 1 unspecified atom stereocenters. The van der Waals surface area contributed by atoms with Gasteiger partial charge in [-0.2, -0.15) is 0 Å². The van der Waals surface area contributed by atoms with Crippen LogP contribution in [0.25, 0.3) is 0 Å². The molecule has 0 radical (unpaired) electrons. The van der Waals surface area contributed by atoms with Gasteiger partial charge < -0.3 is 10.2 Å². The zero-order valence-corrected chi connectivity index (χ0v) is 12.9. The normalized spacial score (nSPS) is 20.2. The van der Waals surface area contributed by atoms with E-state index in [-0.39, 0.29) is 0 Å². The molecule has 1 atom stereocenters. The van der Waals surface area contributed by atoms with Gasteiger partial charge >= 0.3 is 0 Å². The maximum Gasteiger partial charge on any atom is 0.00914 e. The van der Waals surface area contributed by atoms with Crippen molar-refractivity contribution in [3.8, 4) is 0 Å². The number of unbranched alkanes of at least 4 members (excludes halogenated alkanes) is 3. The van der Waals surface area contributed by atoms with Crippen molar-refractivity contribution in [3.63, 3.8) is 0 Å². The van der Waals surface area contributed by atoms with Crippen LogP contribution < -0.4 is 5.32 Å². The molecule has 1 aliphatic heterocycles. The van der Waals surface area contributed by atoms with Gasteiger partial charge in [-0.3, -0.25) is 0 Å². The summed E-state index contributed by atoms with van der Waals surface area (Å²) in [6.07, 6.45) is 11.0. The van der Waals surface area contributed by atoms with E-state index in [9.17, 15) is 0 Å². The molecule has 1 fully saturated rings. The zero-order valence-electron chi connectivity index (χ0n) is 12.9. The first-order valence-electron chi connectivity index (χ1n) is 8.25. The van der Waals surface area contributed by atoms with E-state index in [2.05, 4.69) is 31.0 Å². The summed E-state index contributed by atoms with van der Waals surface area (Å²) in [6, 6.07) is 1.59. The van der Waals surface area contributed by atoms with Crippen molar-refractivity contribution in [2.45, 2.75) is 84.2 Å². The number of nitrogens with one attached hydrogen (secondary N) is 1. The third-order valence-electron chi connectivity index (χ3n) is 4.31. The molecule has 1 N–H and O–H groups in total.